The molecule has 0 saturated heterocycles. The van der Waals surface area contributed by atoms with E-state index < -0.39 is 22.3 Å². The largest absolute Gasteiger partial charge is 0.322 e. The number of hydrogen-bond donors (Lipinski definition) is 1. The molecule has 2 aromatic rings. The molecule has 0 atom stereocenters. The molecule has 0 bridgehead atoms. The Hall–Kier alpha value is -1.74. The third-order valence-electron chi connectivity index (χ3n) is 2.58. The van der Waals surface area contributed by atoms with E-state index in [9.17, 15) is 19.3 Å². The third-order valence-corrected chi connectivity index (χ3v) is 3.75. The predicted molar refractivity (Wildman–Crippen MR) is 85.2 cm³/mol. The molecule has 5 nitrogen and oxygen atoms in total. The van der Waals surface area contributed by atoms with Crippen LogP contribution >= 0.6 is 34.2 Å². The number of nitro groups is 1. The van der Waals surface area contributed by atoms with Gasteiger partial charge in [-0.05, 0) is 46.9 Å². The van der Waals surface area contributed by atoms with Crippen LogP contribution in [0.25, 0.3) is 0 Å². The van der Waals surface area contributed by atoms with Gasteiger partial charge in [0.15, 0.2) is 0 Å². The summed E-state index contributed by atoms with van der Waals surface area (Å²) in [7, 11) is 0. The van der Waals surface area contributed by atoms with Crippen LogP contribution in [0.4, 0.5) is 15.8 Å². The molecule has 0 saturated carbocycles. The third kappa shape index (κ3) is 3.67. The molecule has 108 valence electrons. The number of carbonyl (C=O) groups is 1. The first-order chi connectivity index (χ1) is 9.88. The number of nitrogens with zero attached hydrogens (tertiary/aromatic N) is 1. The molecule has 0 radical (unpaired) electrons. The Kier molecular flexibility index (Phi) is 4.73. The molecule has 0 aromatic heterocycles. The number of anilines is 1. The minimum Gasteiger partial charge on any atom is -0.322 e. The Morgan fingerprint density at radius 3 is 2.62 bits per heavy atom. The van der Waals surface area contributed by atoms with Crippen molar-refractivity contribution in [1.29, 1.82) is 0 Å². The first kappa shape index (κ1) is 15.6. The minimum atomic E-state index is -1.02. The van der Waals surface area contributed by atoms with Crippen molar-refractivity contribution in [2.24, 2.45) is 0 Å². The lowest BCUT2D eigenvalue weighted by atomic mass is 10.2. The molecule has 21 heavy (non-hydrogen) atoms. The molecule has 0 aliphatic rings. The highest BCUT2D eigenvalue weighted by atomic mass is 127. The normalized spacial score (nSPS) is 10.2. The van der Waals surface area contributed by atoms with Gasteiger partial charge in [0.05, 0.1) is 10.5 Å². The molecule has 1 N–H and O–H groups in total. The van der Waals surface area contributed by atoms with Gasteiger partial charge in [-0.3, -0.25) is 14.9 Å². The average Bonchev–Trinajstić information content (AvgIpc) is 2.41. The molecule has 0 aliphatic carbocycles. The van der Waals surface area contributed by atoms with Crippen molar-refractivity contribution in [3.05, 3.63) is 66.5 Å². The summed E-state index contributed by atoms with van der Waals surface area (Å²) in [5.41, 5.74) is -0.189. The summed E-state index contributed by atoms with van der Waals surface area (Å²) in [4.78, 5) is 21.8. The Labute approximate surface area is 137 Å². The van der Waals surface area contributed by atoms with Crippen molar-refractivity contribution >= 4 is 51.5 Å². The summed E-state index contributed by atoms with van der Waals surface area (Å²) in [6.45, 7) is 0. The quantitative estimate of drug-likeness (QED) is 0.458. The maximum Gasteiger partial charge on any atom is 0.304 e. The van der Waals surface area contributed by atoms with Gasteiger partial charge in [0.25, 0.3) is 5.91 Å². The summed E-state index contributed by atoms with van der Waals surface area (Å²) in [5, 5.41) is 13.4. The molecule has 2 aromatic carbocycles. The maximum absolute atomic E-state index is 13.5. The molecule has 0 unspecified atom stereocenters. The summed E-state index contributed by atoms with van der Waals surface area (Å²) >= 11 is 7.80. The second kappa shape index (κ2) is 6.35. The van der Waals surface area contributed by atoms with Crippen LogP contribution in [0.5, 0.6) is 0 Å². The van der Waals surface area contributed by atoms with Crippen LogP contribution in [0.3, 0.4) is 0 Å². The zero-order valence-corrected chi connectivity index (χ0v) is 13.2. The molecule has 0 aliphatic heterocycles. The van der Waals surface area contributed by atoms with Gasteiger partial charge in [-0.1, -0.05) is 11.6 Å². The zero-order valence-electron chi connectivity index (χ0n) is 10.3. The number of benzene rings is 2. The Morgan fingerprint density at radius 1 is 1.29 bits per heavy atom. The van der Waals surface area contributed by atoms with Crippen LogP contribution in [0.15, 0.2) is 36.4 Å². The average molecular weight is 421 g/mol. The van der Waals surface area contributed by atoms with E-state index in [2.05, 4.69) is 5.32 Å². The van der Waals surface area contributed by atoms with Crippen LogP contribution in [-0.4, -0.2) is 10.8 Å². The minimum absolute atomic E-state index is 0.124. The highest BCUT2D eigenvalue weighted by Crippen LogP contribution is 2.23. The zero-order chi connectivity index (χ0) is 15.6. The van der Waals surface area contributed by atoms with E-state index in [1.165, 1.54) is 12.1 Å². The van der Waals surface area contributed by atoms with Gasteiger partial charge in [-0.15, -0.1) is 0 Å². The van der Waals surface area contributed by atoms with Crippen molar-refractivity contribution in [3.63, 3.8) is 0 Å². The smallest absolute Gasteiger partial charge is 0.304 e. The number of amides is 1. The molecule has 0 heterocycles. The molecule has 2 rings (SSSR count). The van der Waals surface area contributed by atoms with Crippen molar-refractivity contribution in [1.82, 2.24) is 0 Å². The number of halogens is 3. The van der Waals surface area contributed by atoms with Crippen LogP contribution in [0, 0.1) is 19.5 Å². The molecule has 8 heteroatoms. The van der Waals surface area contributed by atoms with Gasteiger partial charge in [0, 0.05) is 26.4 Å². The lowest BCUT2D eigenvalue weighted by Gasteiger charge is -2.07. The van der Waals surface area contributed by atoms with Crippen molar-refractivity contribution < 1.29 is 14.1 Å². The molecule has 1 amide bonds. The van der Waals surface area contributed by atoms with Crippen LogP contribution < -0.4 is 5.32 Å². The summed E-state index contributed by atoms with van der Waals surface area (Å²) in [5.74, 6) is -1.49. The fraction of sp³-hybridized carbons (Fsp3) is 0. The number of carbonyl (C=O) groups excluding carboxylic acids is 1. The fourth-order valence-corrected chi connectivity index (χ4v) is 2.36. The second-order valence-electron chi connectivity index (χ2n) is 4.00. The van der Waals surface area contributed by atoms with E-state index in [4.69, 9.17) is 11.6 Å². The van der Waals surface area contributed by atoms with E-state index >= 15 is 0 Å². The predicted octanol–water partition coefficient (Wildman–Crippen LogP) is 4.24. The molecule has 0 fully saturated rings. The van der Waals surface area contributed by atoms with E-state index in [1.807, 2.05) is 22.6 Å². The van der Waals surface area contributed by atoms with Gasteiger partial charge in [-0.2, -0.15) is 4.39 Å². The standard InChI is InChI=1S/C13H7ClFIN2O3/c14-7-1-3-11(16)9(5-7)13(19)17-8-2-4-12(18(20)21)10(15)6-8/h1-6H,(H,17,19). The summed E-state index contributed by atoms with van der Waals surface area (Å²) in [6.07, 6.45) is 0. The van der Waals surface area contributed by atoms with Crippen molar-refractivity contribution in [3.8, 4) is 0 Å². The highest BCUT2D eigenvalue weighted by molar-refractivity contribution is 14.1. The lowest BCUT2D eigenvalue weighted by Crippen LogP contribution is -2.13. The van der Waals surface area contributed by atoms with Crippen molar-refractivity contribution in [2.75, 3.05) is 5.32 Å². The Balaban J connectivity index is 2.26. The van der Waals surface area contributed by atoms with Gasteiger partial charge >= 0.3 is 5.69 Å². The van der Waals surface area contributed by atoms with Crippen molar-refractivity contribution in [2.45, 2.75) is 0 Å². The number of hydrogen-bond acceptors (Lipinski definition) is 3. The van der Waals surface area contributed by atoms with E-state index in [1.54, 1.807) is 12.1 Å². The fourth-order valence-electron chi connectivity index (χ4n) is 1.60. The number of nitro benzene ring substituents is 1. The number of rotatable bonds is 3. The summed E-state index contributed by atoms with van der Waals surface area (Å²) in [6, 6.07) is 7.96. The summed E-state index contributed by atoms with van der Waals surface area (Å²) < 4.78 is 14.2. The lowest BCUT2D eigenvalue weighted by molar-refractivity contribution is -0.387. The maximum atomic E-state index is 13.5. The molecular formula is C13H7ClFIN2O3. The first-order valence-corrected chi connectivity index (χ1v) is 7.04. The monoisotopic (exact) mass is 420 g/mol. The van der Waals surface area contributed by atoms with Gasteiger partial charge in [-0.25, -0.2) is 0 Å². The van der Waals surface area contributed by atoms with E-state index in [0.29, 0.717) is 14.2 Å². The van der Waals surface area contributed by atoms with E-state index in [0.717, 1.165) is 12.1 Å². The van der Waals surface area contributed by atoms with E-state index in [-0.39, 0.29) is 5.69 Å². The molecule has 0 spiro atoms. The Morgan fingerprint density at radius 2 is 2.00 bits per heavy atom. The van der Waals surface area contributed by atoms with Crippen LogP contribution in [0.1, 0.15) is 10.4 Å². The number of nitrogens with one attached hydrogen (secondary N) is 1. The van der Waals surface area contributed by atoms with Crippen LogP contribution in [-0.2, 0) is 0 Å². The van der Waals surface area contributed by atoms with Gasteiger partial charge in [0.1, 0.15) is 0 Å². The highest BCUT2D eigenvalue weighted by Gasteiger charge is 2.16. The Bertz CT molecular complexity index is 739. The van der Waals surface area contributed by atoms with Crippen LogP contribution in [0.2, 0.25) is 5.02 Å². The molecular weight excluding hydrogens is 414 g/mol. The SMILES string of the molecule is O=C(Nc1ccc([N+](=O)[O-])c(F)c1)c1cc(Cl)ccc1I. The second-order valence-corrected chi connectivity index (χ2v) is 5.60. The van der Waals surface area contributed by atoms with Gasteiger partial charge in [0.2, 0.25) is 5.82 Å². The van der Waals surface area contributed by atoms with Gasteiger partial charge < -0.3 is 5.32 Å². The first-order valence-electron chi connectivity index (χ1n) is 5.59. The topological polar surface area (TPSA) is 72.2 Å².